The molecule has 1 N–H and O–H groups in total. The minimum atomic E-state index is -4.48. The molecular formula is C23H23F3N6O2. The zero-order chi connectivity index (χ0) is 24.1. The van der Waals surface area contributed by atoms with Crippen molar-refractivity contribution in [1.29, 1.82) is 0 Å². The number of amides is 2. The number of carbonyl (C=O) groups is 1. The van der Waals surface area contributed by atoms with E-state index in [4.69, 9.17) is 4.74 Å². The maximum atomic E-state index is 13.0. The van der Waals surface area contributed by atoms with Crippen LogP contribution in [0.1, 0.15) is 18.1 Å². The summed E-state index contributed by atoms with van der Waals surface area (Å²) < 4.78 is 44.7. The number of benzene rings is 1. The molecule has 0 spiro atoms. The summed E-state index contributed by atoms with van der Waals surface area (Å²) in [6.07, 6.45) is 2.01. The molecule has 0 aliphatic carbocycles. The number of urea groups is 1. The third-order valence-corrected chi connectivity index (χ3v) is 5.40. The molecule has 1 fully saturated rings. The highest BCUT2D eigenvalue weighted by molar-refractivity contribution is 5.89. The lowest BCUT2D eigenvalue weighted by molar-refractivity contribution is -0.137. The van der Waals surface area contributed by atoms with E-state index in [1.54, 1.807) is 29.7 Å². The number of halogens is 3. The Balaban J connectivity index is 1.40. The molecule has 11 heteroatoms. The Labute approximate surface area is 194 Å². The largest absolute Gasteiger partial charge is 0.470 e. The van der Waals surface area contributed by atoms with E-state index < -0.39 is 17.8 Å². The van der Waals surface area contributed by atoms with Crippen molar-refractivity contribution in [3.8, 4) is 5.88 Å². The molecule has 0 saturated carbocycles. The number of carbonyl (C=O) groups excluding carboxylic acids is 1. The van der Waals surface area contributed by atoms with Crippen LogP contribution in [-0.2, 0) is 12.8 Å². The normalized spacial score (nSPS) is 16.3. The third kappa shape index (κ3) is 5.53. The predicted molar refractivity (Wildman–Crippen MR) is 119 cm³/mol. The average molecular weight is 472 g/mol. The van der Waals surface area contributed by atoms with Gasteiger partial charge in [0.25, 0.3) is 5.88 Å². The zero-order valence-corrected chi connectivity index (χ0v) is 18.4. The molecular weight excluding hydrogens is 449 g/mol. The molecule has 3 aromatic rings. The molecule has 34 heavy (non-hydrogen) atoms. The molecule has 1 aliphatic heterocycles. The lowest BCUT2D eigenvalue weighted by Crippen LogP contribution is -2.55. The quantitative estimate of drug-likeness (QED) is 0.599. The van der Waals surface area contributed by atoms with Crippen molar-refractivity contribution in [2.45, 2.75) is 25.7 Å². The summed E-state index contributed by atoms with van der Waals surface area (Å²) >= 11 is 0. The van der Waals surface area contributed by atoms with Gasteiger partial charge in [-0.25, -0.2) is 14.8 Å². The minimum Gasteiger partial charge on any atom is -0.470 e. The van der Waals surface area contributed by atoms with Crippen molar-refractivity contribution in [2.24, 2.45) is 0 Å². The van der Waals surface area contributed by atoms with Gasteiger partial charge in [0.2, 0.25) is 0 Å². The highest BCUT2D eigenvalue weighted by atomic mass is 19.4. The highest BCUT2D eigenvalue weighted by Crippen LogP contribution is 2.31. The topological polar surface area (TPSA) is 83.5 Å². The number of pyridine rings is 1. The molecule has 4 rings (SSSR count). The third-order valence-electron chi connectivity index (χ3n) is 5.40. The van der Waals surface area contributed by atoms with E-state index in [0.717, 1.165) is 17.7 Å². The fraction of sp³-hybridized carbons (Fsp3) is 0.304. The van der Waals surface area contributed by atoms with Crippen molar-refractivity contribution in [3.05, 3.63) is 72.3 Å². The Kier molecular flexibility index (Phi) is 6.80. The second kappa shape index (κ2) is 9.94. The van der Waals surface area contributed by atoms with Gasteiger partial charge in [-0.1, -0.05) is 6.07 Å². The first-order valence-electron chi connectivity index (χ1n) is 10.6. The van der Waals surface area contributed by atoms with Crippen LogP contribution in [0.15, 0.2) is 61.2 Å². The van der Waals surface area contributed by atoms with Gasteiger partial charge < -0.3 is 19.9 Å². The first-order chi connectivity index (χ1) is 16.3. The first kappa shape index (κ1) is 23.3. The van der Waals surface area contributed by atoms with Gasteiger partial charge in [-0.3, -0.25) is 4.98 Å². The van der Waals surface area contributed by atoms with Gasteiger partial charge in [-0.2, -0.15) is 13.2 Å². The molecule has 8 nitrogen and oxygen atoms in total. The Morgan fingerprint density at radius 1 is 1.12 bits per heavy atom. The van der Waals surface area contributed by atoms with Crippen LogP contribution in [0.2, 0.25) is 0 Å². The van der Waals surface area contributed by atoms with E-state index in [0.29, 0.717) is 37.9 Å². The van der Waals surface area contributed by atoms with Crippen LogP contribution in [0.5, 0.6) is 5.88 Å². The van der Waals surface area contributed by atoms with Crippen molar-refractivity contribution in [3.63, 3.8) is 0 Å². The van der Waals surface area contributed by atoms with Crippen molar-refractivity contribution >= 4 is 17.5 Å². The van der Waals surface area contributed by atoms with Gasteiger partial charge in [0, 0.05) is 56.2 Å². The molecule has 2 amide bonds. The van der Waals surface area contributed by atoms with Crippen LogP contribution in [0, 0.1) is 0 Å². The van der Waals surface area contributed by atoms with Crippen LogP contribution >= 0.6 is 0 Å². The van der Waals surface area contributed by atoms with Crippen LogP contribution in [0.25, 0.3) is 0 Å². The summed E-state index contributed by atoms with van der Waals surface area (Å²) in [6, 6.07) is 7.59. The van der Waals surface area contributed by atoms with Gasteiger partial charge in [0.15, 0.2) is 5.82 Å². The summed E-state index contributed by atoms with van der Waals surface area (Å²) in [6.45, 7) is 3.45. The van der Waals surface area contributed by atoms with Gasteiger partial charge in [0.1, 0.15) is 6.61 Å². The van der Waals surface area contributed by atoms with Gasteiger partial charge in [-0.05, 0) is 42.8 Å². The second-order valence-electron chi connectivity index (χ2n) is 7.83. The number of alkyl halides is 3. The van der Waals surface area contributed by atoms with Crippen LogP contribution in [-0.4, -0.2) is 51.6 Å². The molecule has 0 bridgehead atoms. The number of hydrogen-bond donors (Lipinski definition) is 1. The standard InChI is InChI=1S/C23H23F3N6O2/c1-16-14-31(20-21(29-10-9-28-20)34-15-17-5-7-27-8-6-17)11-12-32(16)22(33)30-19-4-2-3-18(13-19)23(24,25)26/h2-10,13,16H,11-12,14-15H2,1H3,(H,30,33). The maximum Gasteiger partial charge on any atom is 0.416 e. The van der Waals surface area contributed by atoms with E-state index in [9.17, 15) is 18.0 Å². The van der Waals surface area contributed by atoms with E-state index in [1.165, 1.54) is 12.1 Å². The average Bonchev–Trinajstić information content (AvgIpc) is 2.83. The summed E-state index contributed by atoms with van der Waals surface area (Å²) in [5.74, 6) is 0.953. The van der Waals surface area contributed by atoms with Gasteiger partial charge >= 0.3 is 12.2 Å². The molecule has 178 valence electrons. The Hall–Kier alpha value is -3.89. The fourth-order valence-electron chi connectivity index (χ4n) is 3.69. The maximum absolute atomic E-state index is 13.0. The summed E-state index contributed by atoms with van der Waals surface area (Å²) in [5, 5.41) is 2.57. The molecule has 1 saturated heterocycles. The lowest BCUT2D eigenvalue weighted by Gasteiger charge is -2.40. The number of hydrogen-bond acceptors (Lipinski definition) is 6. The summed E-state index contributed by atoms with van der Waals surface area (Å²) in [4.78, 5) is 29.0. The number of nitrogens with one attached hydrogen (secondary N) is 1. The van der Waals surface area contributed by atoms with Crippen LogP contribution < -0.4 is 15.0 Å². The molecule has 2 aromatic heterocycles. The lowest BCUT2D eigenvalue weighted by atomic mass is 10.2. The smallest absolute Gasteiger partial charge is 0.416 e. The highest BCUT2D eigenvalue weighted by Gasteiger charge is 2.32. The molecule has 1 aliphatic rings. The molecule has 1 aromatic carbocycles. The van der Waals surface area contributed by atoms with Crippen LogP contribution in [0.4, 0.5) is 29.5 Å². The molecule has 1 atom stereocenters. The molecule has 1 unspecified atom stereocenters. The zero-order valence-electron chi connectivity index (χ0n) is 18.4. The second-order valence-corrected chi connectivity index (χ2v) is 7.83. The van der Waals surface area contributed by atoms with E-state index in [2.05, 4.69) is 20.3 Å². The summed E-state index contributed by atoms with van der Waals surface area (Å²) in [5.41, 5.74) is 0.219. The Morgan fingerprint density at radius 3 is 2.62 bits per heavy atom. The summed E-state index contributed by atoms with van der Waals surface area (Å²) in [7, 11) is 0. The minimum absolute atomic E-state index is 0.0928. The van der Waals surface area contributed by atoms with Gasteiger partial charge in [0.05, 0.1) is 5.56 Å². The molecule has 3 heterocycles. The monoisotopic (exact) mass is 472 g/mol. The Bertz CT molecular complexity index is 1130. The molecule has 0 radical (unpaired) electrons. The van der Waals surface area contributed by atoms with Crippen molar-refractivity contribution < 1.29 is 22.7 Å². The number of piperazine rings is 1. The van der Waals surface area contributed by atoms with E-state index in [-0.39, 0.29) is 11.7 Å². The SMILES string of the molecule is CC1CN(c2nccnc2OCc2ccncc2)CCN1C(=O)Nc1cccc(C(F)(F)F)c1. The van der Waals surface area contributed by atoms with Crippen molar-refractivity contribution in [1.82, 2.24) is 19.9 Å². The Morgan fingerprint density at radius 2 is 1.88 bits per heavy atom. The number of rotatable bonds is 5. The van der Waals surface area contributed by atoms with Crippen molar-refractivity contribution in [2.75, 3.05) is 29.9 Å². The first-order valence-corrected chi connectivity index (χ1v) is 10.6. The van der Waals surface area contributed by atoms with Crippen LogP contribution in [0.3, 0.4) is 0 Å². The number of nitrogens with zero attached hydrogens (tertiary/aromatic N) is 5. The number of anilines is 2. The number of ether oxygens (including phenoxy) is 1. The number of aromatic nitrogens is 3. The van der Waals surface area contributed by atoms with Gasteiger partial charge in [-0.15, -0.1) is 0 Å². The van der Waals surface area contributed by atoms with E-state index in [1.807, 2.05) is 24.0 Å². The predicted octanol–water partition coefficient (Wildman–Crippen LogP) is 4.21. The fourth-order valence-corrected chi connectivity index (χ4v) is 3.69. The van der Waals surface area contributed by atoms with E-state index >= 15 is 0 Å².